The molecule has 96 valence electrons. The molecule has 0 bridgehead atoms. The van der Waals surface area contributed by atoms with E-state index < -0.39 is 0 Å². The van der Waals surface area contributed by atoms with Gasteiger partial charge in [-0.05, 0) is 59.0 Å². The van der Waals surface area contributed by atoms with Crippen LogP contribution in [0.25, 0.3) is 10.9 Å². The fraction of sp³-hybridized carbons (Fsp3) is 0. The summed E-state index contributed by atoms with van der Waals surface area (Å²) in [6, 6.07) is 14.9. The molecule has 0 fully saturated rings. The number of halogens is 1. The van der Waals surface area contributed by atoms with Crippen LogP contribution < -0.4 is 0 Å². The number of hydrogen-bond acceptors (Lipinski definition) is 2. The minimum absolute atomic E-state index is 0.0737. The van der Waals surface area contributed by atoms with Crippen molar-refractivity contribution in [3.05, 3.63) is 68.9 Å². The lowest BCUT2D eigenvalue weighted by Gasteiger charge is -2.01. The van der Waals surface area contributed by atoms with E-state index in [1.807, 2.05) is 18.2 Å². The molecule has 3 nitrogen and oxygen atoms in total. The third kappa shape index (κ3) is 2.10. The molecule has 0 atom stereocenters. The van der Waals surface area contributed by atoms with Crippen molar-refractivity contribution in [1.29, 1.82) is 5.26 Å². The van der Waals surface area contributed by atoms with Gasteiger partial charge in [0.05, 0.1) is 11.6 Å². The molecule has 0 aliphatic heterocycles. The molecule has 3 rings (SSSR count). The van der Waals surface area contributed by atoms with Gasteiger partial charge in [-0.3, -0.25) is 4.79 Å². The van der Waals surface area contributed by atoms with Crippen LogP contribution in [0.5, 0.6) is 0 Å². The molecule has 0 unspecified atom stereocenters. The van der Waals surface area contributed by atoms with Crippen LogP contribution in [0.1, 0.15) is 21.5 Å². The van der Waals surface area contributed by atoms with Crippen molar-refractivity contribution in [3.8, 4) is 6.07 Å². The van der Waals surface area contributed by atoms with E-state index in [9.17, 15) is 10.1 Å². The van der Waals surface area contributed by atoms with Gasteiger partial charge in [-0.15, -0.1) is 0 Å². The van der Waals surface area contributed by atoms with E-state index in [0.717, 1.165) is 9.09 Å². The van der Waals surface area contributed by atoms with E-state index in [2.05, 4.69) is 33.6 Å². The van der Waals surface area contributed by atoms with Crippen molar-refractivity contribution in [1.82, 2.24) is 4.98 Å². The molecule has 3 aromatic rings. The van der Waals surface area contributed by atoms with E-state index in [-0.39, 0.29) is 5.78 Å². The van der Waals surface area contributed by atoms with E-state index >= 15 is 0 Å². The largest absolute Gasteiger partial charge is 0.360 e. The highest BCUT2D eigenvalue weighted by Gasteiger charge is 2.16. The molecule has 1 N–H and O–H groups in total. The minimum atomic E-state index is -0.0737. The second-order valence-corrected chi connectivity index (χ2v) is 5.62. The first-order valence-electron chi connectivity index (χ1n) is 6.01. The molecule has 1 heterocycles. The van der Waals surface area contributed by atoms with Crippen LogP contribution >= 0.6 is 22.6 Å². The van der Waals surface area contributed by atoms with Crippen molar-refractivity contribution in [2.45, 2.75) is 0 Å². The smallest absolute Gasteiger partial charge is 0.195 e. The van der Waals surface area contributed by atoms with Gasteiger partial charge in [0, 0.05) is 31.8 Å². The molecule has 0 aliphatic rings. The molecule has 0 saturated carbocycles. The van der Waals surface area contributed by atoms with E-state index in [4.69, 9.17) is 0 Å². The lowest BCUT2D eigenvalue weighted by atomic mass is 10.00. The van der Waals surface area contributed by atoms with Crippen molar-refractivity contribution >= 4 is 39.3 Å². The maximum Gasteiger partial charge on any atom is 0.195 e. The number of rotatable bonds is 2. The van der Waals surface area contributed by atoms with Crippen LogP contribution in [0.4, 0.5) is 0 Å². The van der Waals surface area contributed by atoms with Crippen molar-refractivity contribution < 1.29 is 4.79 Å². The van der Waals surface area contributed by atoms with Crippen LogP contribution in [-0.4, -0.2) is 10.8 Å². The molecule has 2 aromatic carbocycles. The Balaban J connectivity index is 2.18. The van der Waals surface area contributed by atoms with Gasteiger partial charge in [0.25, 0.3) is 0 Å². The highest BCUT2D eigenvalue weighted by Crippen LogP contribution is 2.24. The van der Waals surface area contributed by atoms with Gasteiger partial charge >= 0.3 is 0 Å². The fourth-order valence-corrected chi connectivity index (χ4v) is 2.57. The summed E-state index contributed by atoms with van der Waals surface area (Å²) in [6.07, 6.45) is 1.67. The van der Waals surface area contributed by atoms with Gasteiger partial charge in [0.1, 0.15) is 0 Å². The number of carbonyl (C=O) groups excluding carboxylic acids is 1. The molecule has 0 amide bonds. The Kier molecular flexibility index (Phi) is 3.28. The Hall–Kier alpha value is -2.13. The summed E-state index contributed by atoms with van der Waals surface area (Å²) in [5, 5.41) is 9.88. The zero-order valence-corrected chi connectivity index (χ0v) is 12.5. The Morgan fingerprint density at radius 1 is 1.15 bits per heavy atom. The van der Waals surface area contributed by atoms with Crippen LogP contribution in [0, 0.1) is 14.9 Å². The maximum absolute atomic E-state index is 12.6. The maximum atomic E-state index is 12.6. The molecule has 20 heavy (non-hydrogen) atoms. The average molecular weight is 372 g/mol. The number of aromatic amines is 1. The Labute approximate surface area is 129 Å². The Bertz CT molecular complexity index is 841. The highest BCUT2D eigenvalue weighted by molar-refractivity contribution is 14.1. The van der Waals surface area contributed by atoms with Gasteiger partial charge in [-0.2, -0.15) is 5.26 Å². The summed E-state index contributed by atoms with van der Waals surface area (Å²) in [6.45, 7) is 0. The van der Waals surface area contributed by atoms with E-state index in [1.54, 1.807) is 30.5 Å². The predicted molar refractivity (Wildman–Crippen MR) is 85.6 cm³/mol. The van der Waals surface area contributed by atoms with E-state index in [0.29, 0.717) is 22.1 Å². The number of nitriles is 1. The summed E-state index contributed by atoms with van der Waals surface area (Å²) < 4.78 is 1.08. The number of aromatic nitrogens is 1. The van der Waals surface area contributed by atoms with E-state index in [1.165, 1.54) is 0 Å². The average Bonchev–Trinajstić information content (AvgIpc) is 2.91. The third-order valence-electron chi connectivity index (χ3n) is 3.18. The van der Waals surface area contributed by atoms with Gasteiger partial charge in [0.2, 0.25) is 0 Å². The molecular formula is C16H9IN2O. The first-order valence-corrected chi connectivity index (χ1v) is 7.09. The second-order valence-electron chi connectivity index (χ2n) is 4.38. The summed E-state index contributed by atoms with van der Waals surface area (Å²) in [5.74, 6) is -0.0737. The first kappa shape index (κ1) is 12.9. The predicted octanol–water partition coefficient (Wildman–Crippen LogP) is 3.88. The monoisotopic (exact) mass is 372 g/mol. The lowest BCUT2D eigenvalue weighted by Crippen LogP contribution is -2.00. The van der Waals surface area contributed by atoms with Crippen LogP contribution in [0.2, 0.25) is 0 Å². The summed E-state index contributed by atoms with van der Waals surface area (Å²) in [7, 11) is 0. The van der Waals surface area contributed by atoms with Crippen molar-refractivity contribution in [2.24, 2.45) is 0 Å². The third-order valence-corrected chi connectivity index (χ3v) is 3.90. The minimum Gasteiger partial charge on any atom is -0.360 e. The van der Waals surface area contributed by atoms with Crippen LogP contribution in [-0.2, 0) is 0 Å². The number of ketones is 1. The first-order chi connectivity index (χ1) is 9.70. The number of nitrogens with zero attached hydrogens (tertiary/aromatic N) is 1. The SMILES string of the molecule is N#Cc1cccc2[nH]cc(C(=O)c3ccc(I)cc3)c12. The molecule has 1 aromatic heterocycles. The second kappa shape index (κ2) is 5.10. The fourth-order valence-electron chi connectivity index (χ4n) is 2.21. The summed E-state index contributed by atoms with van der Waals surface area (Å²) in [4.78, 5) is 15.6. The topological polar surface area (TPSA) is 56.6 Å². The van der Waals surface area contributed by atoms with Gasteiger partial charge in [-0.25, -0.2) is 0 Å². The highest BCUT2D eigenvalue weighted by atomic mass is 127. The van der Waals surface area contributed by atoms with Crippen molar-refractivity contribution in [3.63, 3.8) is 0 Å². The number of H-pyrrole nitrogens is 1. The molecule has 0 saturated heterocycles. The van der Waals surface area contributed by atoms with Crippen LogP contribution in [0.3, 0.4) is 0 Å². The molecular weight excluding hydrogens is 363 g/mol. The molecule has 0 aliphatic carbocycles. The van der Waals surface area contributed by atoms with Gasteiger partial charge in [-0.1, -0.05) is 6.07 Å². The summed E-state index contributed by atoms with van der Waals surface area (Å²) in [5.41, 5.74) is 2.48. The van der Waals surface area contributed by atoms with Crippen LogP contribution in [0.15, 0.2) is 48.7 Å². The lowest BCUT2D eigenvalue weighted by molar-refractivity contribution is 0.104. The Morgan fingerprint density at radius 3 is 2.60 bits per heavy atom. The van der Waals surface area contributed by atoms with Gasteiger partial charge < -0.3 is 4.98 Å². The quantitative estimate of drug-likeness (QED) is 0.549. The molecule has 0 spiro atoms. The zero-order valence-electron chi connectivity index (χ0n) is 10.4. The number of hydrogen-bond donors (Lipinski definition) is 1. The number of carbonyl (C=O) groups is 1. The number of fused-ring (bicyclic) bond motifs is 1. The molecule has 0 radical (unpaired) electrons. The standard InChI is InChI=1S/C16H9IN2O/c17-12-6-4-10(5-7-12)16(20)13-9-19-14-3-1-2-11(8-18)15(13)14/h1-7,9,19H. The summed E-state index contributed by atoms with van der Waals surface area (Å²) >= 11 is 2.20. The number of nitrogens with one attached hydrogen (secondary N) is 1. The number of benzene rings is 2. The normalized spacial score (nSPS) is 10.4. The Morgan fingerprint density at radius 2 is 1.90 bits per heavy atom. The van der Waals surface area contributed by atoms with Gasteiger partial charge in [0.15, 0.2) is 5.78 Å². The van der Waals surface area contributed by atoms with Crippen molar-refractivity contribution in [2.75, 3.05) is 0 Å². The molecule has 4 heteroatoms. The zero-order chi connectivity index (χ0) is 14.1.